The molecule has 0 radical (unpaired) electrons. The molecule has 1 aliphatic carbocycles. The van der Waals surface area contributed by atoms with Crippen LogP contribution >= 0.6 is 0 Å². The third-order valence-corrected chi connectivity index (χ3v) is 4.53. The highest BCUT2D eigenvalue weighted by Crippen LogP contribution is 2.31. The van der Waals surface area contributed by atoms with Crippen LogP contribution in [0, 0.1) is 12.8 Å². The Hall–Kier alpha value is -1.35. The van der Waals surface area contributed by atoms with Gasteiger partial charge in [0.05, 0.1) is 5.92 Å². The van der Waals surface area contributed by atoms with Crippen molar-refractivity contribution >= 4 is 5.91 Å². The second-order valence-corrected chi connectivity index (χ2v) is 6.27. The van der Waals surface area contributed by atoms with Crippen molar-refractivity contribution in [2.45, 2.75) is 51.5 Å². The maximum atomic E-state index is 12.3. The number of aryl methyl sites for hydroxylation is 1. The predicted molar refractivity (Wildman–Crippen MR) is 82.4 cm³/mol. The fourth-order valence-corrected chi connectivity index (χ4v) is 3.12. The number of rotatable bonds is 4. The lowest BCUT2D eigenvalue weighted by Crippen LogP contribution is -2.53. The molecule has 0 saturated heterocycles. The summed E-state index contributed by atoms with van der Waals surface area (Å²) >= 11 is 0. The van der Waals surface area contributed by atoms with Crippen LogP contribution in [-0.2, 0) is 11.2 Å². The lowest BCUT2D eigenvalue weighted by atomic mass is 9.74. The van der Waals surface area contributed by atoms with Gasteiger partial charge in [0.2, 0.25) is 5.91 Å². The van der Waals surface area contributed by atoms with Crippen LogP contribution in [0.2, 0.25) is 0 Å². The maximum Gasteiger partial charge on any atom is 0.224 e. The third-order valence-electron chi connectivity index (χ3n) is 4.53. The molecule has 1 aromatic carbocycles. The number of nitrogens with two attached hydrogens (primary N) is 1. The molecule has 1 aromatic rings. The van der Waals surface area contributed by atoms with Crippen LogP contribution in [0.15, 0.2) is 24.3 Å². The van der Waals surface area contributed by atoms with E-state index < -0.39 is 0 Å². The second kappa shape index (κ2) is 6.40. The van der Waals surface area contributed by atoms with Gasteiger partial charge in [0, 0.05) is 12.1 Å². The third kappa shape index (κ3) is 3.60. The SMILES string of the molecule is Cc1ccccc1CCNC(=O)C1CCCCC1(C)N. The Labute approximate surface area is 121 Å². The van der Waals surface area contributed by atoms with E-state index in [0.29, 0.717) is 6.54 Å². The molecule has 110 valence electrons. The highest BCUT2D eigenvalue weighted by Gasteiger charge is 2.37. The molecule has 3 heteroatoms. The number of amides is 1. The molecule has 1 amide bonds. The zero-order valence-electron chi connectivity index (χ0n) is 12.6. The Balaban J connectivity index is 1.85. The molecule has 2 rings (SSSR count). The Kier molecular flexibility index (Phi) is 4.81. The second-order valence-electron chi connectivity index (χ2n) is 6.27. The molecule has 1 fully saturated rings. The van der Waals surface area contributed by atoms with Crippen LogP contribution in [0.3, 0.4) is 0 Å². The van der Waals surface area contributed by atoms with Crippen molar-refractivity contribution in [2.24, 2.45) is 11.7 Å². The summed E-state index contributed by atoms with van der Waals surface area (Å²) in [4.78, 5) is 12.3. The smallest absolute Gasteiger partial charge is 0.224 e. The molecule has 0 aromatic heterocycles. The zero-order valence-corrected chi connectivity index (χ0v) is 12.6. The fourth-order valence-electron chi connectivity index (χ4n) is 3.12. The van der Waals surface area contributed by atoms with Gasteiger partial charge >= 0.3 is 0 Å². The van der Waals surface area contributed by atoms with Crippen LogP contribution < -0.4 is 11.1 Å². The molecule has 3 N–H and O–H groups in total. The molecule has 2 atom stereocenters. The Bertz CT molecular complexity index is 468. The van der Waals surface area contributed by atoms with Crippen molar-refractivity contribution in [3.05, 3.63) is 35.4 Å². The van der Waals surface area contributed by atoms with E-state index in [1.54, 1.807) is 0 Å². The van der Waals surface area contributed by atoms with Crippen molar-refractivity contribution in [1.82, 2.24) is 5.32 Å². The number of nitrogens with one attached hydrogen (secondary N) is 1. The van der Waals surface area contributed by atoms with Gasteiger partial charge in [0.1, 0.15) is 0 Å². The molecule has 0 aliphatic heterocycles. The minimum atomic E-state index is -0.342. The summed E-state index contributed by atoms with van der Waals surface area (Å²) in [6.07, 6.45) is 5.00. The average Bonchev–Trinajstić information content (AvgIpc) is 2.40. The van der Waals surface area contributed by atoms with E-state index in [1.165, 1.54) is 11.1 Å². The van der Waals surface area contributed by atoms with Crippen molar-refractivity contribution in [3.63, 3.8) is 0 Å². The molecule has 3 nitrogen and oxygen atoms in total. The van der Waals surface area contributed by atoms with E-state index in [4.69, 9.17) is 5.73 Å². The summed E-state index contributed by atoms with van der Waals surface area (Å²) in [5.41, 5.74) is 8.51. The van der Waals surface area contributed by atoms with E-state index in [1.807, 2.05) is 19.1 Å². The minimum Gasteiger partial charge on any atom is -0.355 e. The summed E-state index contributed by atoms with van der Waals surface area (Å²) in [5.74, 6) is 0.0939. The lowest BCUT2D eigenvalue weighted by Gasteiger charge is -2.37. The number of hydrogen-bond donors (Lipinski definition) is 2. The van der Waals surface area contributed by atoms with E-state index in [9.17, 15) is 4.79 Å². The lowest BCUT2D eigenvalue weighted by molar-refractivity contribution is -0.128. The first-order chi connectivity index (χ1) is 9.50. The Morgan fingerprint density at radius 2 is 2.15 bits per heavy atom. The first-order valence-corrected chi connectivity index (χ1v) is 7.62. The molecule has 20 heavy (non-hydrogen) atoms. The predicted octanol–water partition coefficient (Wildman–Crippen LogP) is 2.56. The summed E-state index contributed by atoms with van der Waals surface area (Å²) < 4.78 is 0. The highest BCUT2D eigenvalue weighted by molar-refractivity contribution is 5.80. The van der Waals surface area contributed by atoms with Crippen molar-refractivity contribution in [2.75, 3.05) is 6.54 Å². The largest absolute Gasteiger partial charge is 0.355 e. The van der Waals surface area contributed by atoms with Gasteiger partial charge in [-0.15, -0.1) is 0 Å². The van der Waals surface area contributed by atoms with Crippen LogP contribution in [0.25, 0.3) is 0 Å². The monoisotopic (exact) mass is 274 g/mol. The van der Waals surface area contributed by atoms with E-state index in [2.05, 4.69) is 24.4 Å². The number of hydrogen-bond acceptors (Lipinski definition) is 2. The van der Waals surface area contributed by atoms with Gasteiger partial charge in [-0.05, 0) is 44.2 Å². The van der Waals surface area contributed by atoms with E-state index >= 15 is 0 Å². The van der Waals surface area contributed by atoms with Crippen LogP contribution in [0.4, 0.5) is 0 Å². The van der Waals surface area contributed by atoms with Crippen LogP contribution in [0.5, 0.6) is 0 Å². The first-order valence-electron chi connectivity index (χ1n) is 7.62. The van der Waals surface area contributed by atoms with Gasteiger partial charge in [-0.1, -0.05) is 37.1 Å². The Morgan fingerprint density at radius 3 is 2.85 bits per heavy atom. The molecule has 0 heterocycles. The number of carbonyl (C=O) groups excluding carboxylic acids is 1. The van der Waals surface area contributed by atoms with E-state index in [0.717, 1.165) is 32.1 Å². The maximum absolute atomic E-state index is 12.3. The van der Waals surface area contributed by atoms with Crippen molar-refractivity contribution < 1.29 is 4.79 Å². The highest BCUT2D eigenvalue weighted by atomic mass is 16.1. The normalized spacial score (nSPS) is 26.2. The van der Waals surface area contributed by atoms with Gasteiger partial charge in [-0.2, -0.15) is 0 Å². The van der Waals surface area contributed by atoms with Gasteiger partial charge < -0.3 is 11.1 Å². The molecular weight excluding hydrogens is 248 g/mol. The summed E-state index contributed by atoms with van der Waals surface area (Å²) in [7, 11) is 0. The number of carbonyl (C=O) groups is 1. The molecular formula is C17H26N2O. The Morgan fingerprint density at radius 1 is 1.40 bits per heavy atom. The van der Waals surface area contributed by atoms with E-state index in [-0.39, 0.29) is 17.4 Å². The quantitative estimate of drug-likeness (QED) is 0.886. The molecule has 0 spiro atoms. The van der Waals surface area contributed by atoms with Gasteiger partial charge in [-0.25, -0.2) is 0 Å². The number of benzene rings is 1. The summed E-state index contributed by atoms with van der Waals surface area (Å²) in [6.45, 7) is 4.81. The average molecular weight is 274 g/mol. The molecule has 2 unspecified atom stereocenters. The van der Waals surface area contributed by atoms with Gasteiger partial charge in [-0.3, -0.25) is 4.79 Å². The van der Waals surface area contributed by atoms with Crippen molar-refractivity contribution in [1.29, 1.82) is 0 Å². The van der Waals surface area contributed by atoms with Crippen LogP contribution in [0.1, 0.15) is 43.7 Å². The van der Waals surface area contributed by atoms with Gasteiger partial charge in [0.25, 0.3) is 0 Å². The topological polar surface area (TPSA) is 55.1 Å². The minimum absolute atomic E-state index is 0.0341. The van der Waals surface area contributed by atoms with Gasteiger partial charge in [0.15, 0.2) is 0 Å². The standard InChI is InChI=1S/C17H26N2O/c1-13-7-3-4-8-14(13)10-12-19-16(20)15-9-5-6-11-17(15,2)18/h3-4,7-8,15H,5-6,9-12,18H2,1-2H3,(H,19,20). The summed E-state index contributed by atoms with van der Waals surface area (Å²) in [5, 5.41) is 3.06. The van der Waals surface area contributed by atoms with Crippen LogP contribution in [-0.4, -0.2) is 18.0 Å². The zero-order chi connectivity index (χ0) is 14.6. The fraction of sp³-hybridized carbons (Fsp3) is 0.588. The molecule has 1 saturated carbocycles. The van der Waals surface area contributed by atoms with Crippen molar-refractivity contribution in [3.8, 4) is 0 Å². The first kappa shape index (κ1) is 15.0. The molecule has 0 bridgehead atoms. The summed E-state index contributed by atoms with van der Waals surface area (Å²) in [6, 6.07) is 8.31. The molecule has 1 aliphatic rings.